The topological polar surface area (TPSA) is 68.3 Å². The van der Waals surface area contributed by atoms with Gasteiger partial charge in [-0.25, -0.2) is 8.42 Å². The Bertz CT molecular complexity index is 984. The molecular formula is C24H34N2O5S. The number of sulfonamides is 1. The van der Waals surface area contributed by atoms with Gasteiger partial charge in [0.25, 0.3) is 0 Å². The largest absolute Gasteiger partial charge is 0.493 e. The van der Waals surface area contributed by atoms with Crippen LogP contribution in [-0.2, 0) is 23.0 Å². The van der Waals surface area contributed by atoms with Crippen molar-refractivity contribution in [2.45, 2.75) is 37.6 Å². The Morgan fingerprint density at radius 3 is 2.06 bits per heavy atom. The molecule has 2 aromatic rings. The van der Waals surface area contributed by atoms with E-state index in [1.54, 1.807) is 37.8 Å². The van der Waals surface area contributed by atoms with Crippen LogP contribution in [0.3, 0.4) is 0 Å². The number of hydrogen-bond acceptors (Lipinski definition) is 6. The number of aryl methyl sites for hydroxylation is 1. The Labute approximate surface area is 191 Å². The Morgan fingerprint density at radius 2 is 1.50 bits per heavy atom. The minimum absolute atomic E-state index is 0.368. The molecule has 32 heavy (non-hydrogen) atoms. The molecule has 0 amide bonds. The Balaban J connectivity index is 1.65. The number of piperazine rings is 1. The van der Waals surface area contributed by atoms with Gasteiger partial charge in [0, 0.05) is 38.3 Å². The summed E-state index contributed by atoms with van der Waals surface area (Å²) in [6.45, 7) is 4.99. The lowest BCUT2D eigenvalue weighted by Crippen LogP contribution is -2.48. The molecule has 7 nitrogen and oxygen atoms in total. The molecule has 1 aliphatic rings. The predicted octanol–water partition coefficient (Wildman–Crippen LogP) is 3.56. The molecule has 0 N–H and O–H groups in total. The van der Waals surface area contributed by atoms with Crippen LogP contribution >= 0.6 is 0 Å². The Kier molecular flexibility index (Phi) is 8.39. The maximum absolute atomic E-state index is 13.1. The second-order valence-electron chi connectivity index (χ2n) is 7.92. The Hall–Kier alpha value is -2.29. The number of hydrogen-bond donors (Lipinski definition) is 0. The van der Waals surface area contributed by atoms with E-state index in [2.05, 4.69) is 11.8 Å². The van der Waals surface area contributed by atoms with Crippen LogP contribution in [0, 0.1) is 0 Å². The smallest absolute Gasteiger partial charge is 0.243 e. The van der Waals surface area contributed by atoms with Crippen molar-refractivity contribution in [3.63, 3.8) is 0 Å². The average molecular weight is 463 g/mol. The van der Waals surface area contributed by atoms with Gasteiger partial charge in [0.1, 0.15) is 0 Å². The van der Waals surface area contributed by atoms with Crippen LogP contribution in [0.5, 0.6) is 17.2 Å². The van der Waals surface area contributed by atoms with Crippen LogP contribution in [0.25, 0.3) is 0 Å². The van der Waals surface area contributed by atoms with Gasteiger partial charge in [-0.05, 0) is 36.6 Å². The van der Waals surface area contributed by atoms with Gasteiger partial charge in [-0.2, -0.15) is 4.31 Å². The molecule has 3 rings (SSSR count). The molecule has 1 fully saturated rings. The molecule has 1 saturated heterocycles. The molecule has 0 radical (unpaired) electrons. The van der Waals surface area contributed by atoms with Crippen molar-refractivity contribution in [3.8, 4) is 17.2 Å². The second kappa shape index (κ2) is 11.0. The number of nitrogens with zero attached hydrogens (tertiary/aromatic N) is 2. The fourth-order valence-corrected chi connectivity index (χ4v) is 5.44. The average Bonchev–Trinajstić information content (AvgIpc) is 2.82. The lowest BCUT2D eigenvalue weighted by Gasteiger charge is -2.34. The monoisotopic (exact) mass is 462 g/mol. The Morgan fingerprint density at radius 1 is 0.844 bits per heavy atom. The summed E-state index contributed by atoms with van der Waals surface area (Å²) in [6, 6.07) is 11.2. The maximum Gasteiger partial charge on any atom is 0.243 e. The minimum Gasteiger partial charge on any atom is -0.493 e. The summed E-state index contributed by atoms with van der Waals surface area (Å²) in [5, 5.41) is 0. The van der Waals surface area contributed by atoms with Crippen molar-refractivity contribution < 1.29 is 22.6 Å². The third-order valence-electron chi connectivity index (χ3n) is 5.89. The number of unbranched alkanes of at least 4 members (excludes halogenated alkanes) is 1. The number of ether oxygens (including phenoxy) is 3. The van der Waals surface area contributed by atoms with Gasteiger partial charge in [-0.1, -0.05) is 31.5 Å². The SMILES string of the molecule is CCCCc1ccc(S(=O)(=O)N2CCN(Cc3ccc(OC)c(OC)c3OC)CC2)cc1. The molecular weight excluding hydrogens is 428 g/mol. The summed E-state index contributed by atoms with van der Waals surface area (Å²) < 4.78 is 44.2. The summed E-state index contributed by atoms with van der Waals surface area (Å²) in [4.78, 5) is 2.59. The van der Waals surface area contributed by atoms with Gasteiger partial charge in [-0.15, -0.1) is 0 Å². The highest BCUT2D eigenvalue weighted by atomic mass is 32.2. The highest BCUT2D eigenvalue weighted by Crippen LogP contribution is 2.40. The molecule has 176 valence electrons. The molecule has 1 heterocycles. The molecule has 1 aliphatic heterocycles. The van der Waals surface area contributed by atoms with Crippen LogP contribution in [0.1, 0.15) is 30.9 Å². The molecule has 8 heteroatoms. The zero-order valence-corrected chi connectivity index (χ0v) is 20.3. The molecule has 0 atom stereocenters. The molecule has 0 aromatic heterocycles. The summed E-state index contributed by atoms with van der Waals surface area (Å²) in [5.74, 6) is 1.82. The summed E-state index contributed by atoms with van der Waals surface area (Å²) in [7, 11) is 1.31. The molecule has 2 aromatic carbocycles. The molecule has 0 saturated carbocycles. The molecule has 0 spiro atoms. The van der Waals surface area contributed by atoms with Crippen LogP contribution in [-0.4, -0.2) is 65.1 Å². The fourth-order valence-electron chi connectivity index (χ4n) is 4.01. The normalized spacial score (nSPS) is 15.5. The van der Waals surface area contributed by atoms with E-state index in [1.165, 1.54) is 5.56 Å². The second-order valence-corrected chi connectivity index (χ2v) is 9.86. The summed E-state index contributed by atoms with van der Waals surface area (Å²) in [5.41, 5.74) is 2.16. The van der Waals surface area contributed by atoms with Crippen LogP contribution in [0.4, 0.5) is 0 Å². The first kappa shape index (κ1) is 24.4. The maximum atomic E-state index is 13.1. The lowest BCUT2D eigenvalue weighted by atomic mass is 10.1. The summed E-state index contributed by atoms with van der Waals surface area (Å²) >= 11 is 0. The van der Waals surface area contributed by atoms with Gasteiger partial charge < -0.3 is 14.2 Å². The highest BCUT2D eigenvalue weighted by Gasteiger charge is 2.29. The standard InChI is InChI=1S/C24H34N2O5S/c1-5-6-7-19-8-11-21(12-9-19)32(27,28)26-16-14-25(15-17-26)18-20-10-13-22(29-2)24(31-4)23(20)30-3/h8-13H,5-7,14-18H2,1-4H3. The van der Waals surface area contributed by atoms with E-state index in [-0.39, 0.29) is 0 Å². The summed E-state index contributed by atoms with van der Waals surface area (Å²) in [6.07, 6.45) is 3.22. The molecule has 0 bridgehead atoms. The number of benzene rings is 2. The van der Waals surface area contributed by atoms with Crippen LogP contribution in [0.2, 0.25) is 0 Å². The van der Waals surface area contributed by atoms with Crippen molar-refractivity contribution in [1.82, 2.24) is 9.21 Å². The van der Waals surface area contributed by atoms with E-state index in [0.29, 0.717) is 54.9 Å². The third-order valence-corrected chi connectivity index (χ3v) is 7.80. The van der Waals surface area contributed by atoms with Gasteiger partial charge in [0.15, 0.2) is 11.5 Å². The first-order chi connectivity index (χ1) is 15.4. The first-order valence-corrected chi connectivity index (χ1v) is 12.5. The van der Waals surface area contributed by atoms with Gasteiger partial charge in [-0.3, -0.25) is 4.90 Å². The van der Waals surface area contributed by atoms with Crippen LogP contribution in [0.15, 0.2) is 41.3 Å². The van der Waals surface area contributed by atoms with Gasteiger partial charge >= 0.3 is 0 Å². The van der Waals surface area contributed by atoms with E-state index in [9.17, 15) is 8.42 Å². The predicted molar refractivity (Wildman–Crippen MR) is 125 cm³/mol. The van der Waals surface area contributed by atoms with E-state index >= 15 is 0 Å². The minimum atomic E-state index is -3.48. The van der Waals surface area contributed by atoms with Crippen molar-refractivity contribution in [1.29, 1.82) is 0 Å². The van der Waals surface area contributed by atoms with Gasteiger partial charge in [0.05, 0.1) is 26.2 Å². The quantitative estimate of drug-likeness (QED) is 0.538. The lowest BCUT2D eigenvalue weighted by molar-refractivity contribution is 0.179. The van der Waals surface area contributed by atoms with Crippen LogP contribution < -0.4 is 14.2 Å². The van der Waals surface area contributed by atoms with E-state index in [4.69, 9.17) is 14.2 Å². The highest BCUT2D eigenvalue weighted by molar-refractivity contribution is 7.89. The number of methoxy groups -OCH3 is 3. The van der Waals surface area contributed by atoms with E-state index < -0.39 is 10.0 Å². The van der Waals surface area contributed by atoms with Crippen molar-refractivity contribution >= 4 is 10.0 Å². The van der Waals surface area contributed by atoms with Crippen molar-refractivity contribution in [2.75, 3.05) is 47.5 Å². The zero-order valence-electron chi connectivity index (χ0n) is 19.5. The molecule has 0 aliphatic carbocycles. The van der Waals surface area contributed by atoms with E-state index in [1.807, 2.05) is 24.3 Å². The van der Waals surface area contributed by atoms with E-state index in [0.717, 1.165) is 24.8 Å². The first-order valence-electron chi connectivity index (χ1n) is 11.0. The third kappa shape index (κ3) is 5.36. The fraction of sp³-hybridized carbons (Fsp3) is 0.500. The molecule has 0 unspecified atom stereocenters. The van der Waals surface area contributed by atoms with Gasteiger partial charge in [0.2, 0.25) is 15.8 Å². The van der Waals surface area contributed by atoms with Crippen molar-refractivity contribution in [2.24, 2.45) is 0 Å². The zero-order chi connectivity index (χ0) is 23.1. The number of rotatable bonds is 10. The van der Waals surface area contributed by atoms with Crippen molar-refractivity contribution in [3.05, 3.63) is 47.5 Å².